The Morgan fingerprint density at radius 1 is 1.80 bits per heavy atom. The van der Waals surface area contributed by atoms with Crippen molar-refractivity contribution >= 4 is 17.0 Å². The van der Waals surface area contributed by atoms with Gasteiger partial charge in [0.05, 0.1) is 4.21 Å². The molecule has 0 saturated heterocycles. The van der Waals surface area contributed by atoms with Crippen LogP contribution in [0.3, 0.4) is 0 Å². The smallest absolute Gasteiger partial charge is 0.188 e. The largest absolute Gasteiger partial charge is 0.651 e. The minimum absolute atomic E-state index is 0.676. The molecule has 0 aromatic heterocycles. The Bertz CT molecular complexity index is 60.7. The van der Waals surface area contributed by atoms with Crippen LogP contribution in [0.1, 0.15) is 0 Å². The molecule has 0 bridgehead atoms. The van der Waals surface area contributed by atoms with Gasteiger partial charge in [0.2, 0.25) is 0 Å². The van der Waals surface area contributed by atoms with Crippen molar-refractivity contribution in [2.24, 2.45) is 0 Å². The van der Waals surface area contributed by atoms with Crippen molar-refractivity contribution in [2.75, 3.05) is 0 Å². The minimum Gasteiger partial charge on any atom is -0.188 e. The van der Waals surface area contributed by atoms with Gasteiger partial charge in [-0.1, -0.05) is 0 Å². The van der Waals surface area contributed by atoms with Gasteiger partial charge in [-0.05, 0) is 0 Å². The molecule has 0 aliphatic rings. The highest BCUT2D eigenvalue weighted by Crippen LogP contribution is 1.67. The summed E-state index contributed by atoms with van der Waals surface area (Å²) >= 11 is -0.676. The van der Waals surface area contributed by atoms with Gasteiger partial charge < -0.3 is 0 Å². The summed E-state index contributed by atoms with van der Waals surface area (Å²) in [6.45, 7) is 0. The predicted molar refractivity (Wildman–Crippen MR) is 14.6 cm³/mol. The molecule has 28 valence electrons. The first-order valence-electron chi connectivity index (χ1n) is 0.764. The standard InChI is InChI=1S/CFO2S/c2-1(3)5-4/q+1. The molecule has 0 N–H and O–H groups in total. The number of rotatable bonds is 0. The van der Waals surface area contributed by atoms with Gasteiger partial charge >= 0.3 is 17.0 Å². The lowest BCUT2D eigenvalue weighted by atomic mass is 11.7. The summed E-state index contributed by atoms with van der Waals surface area (Å²) in [6.07, 6.45) is 0. The molecule has 0 aromatic rings. The second kappa shape index (κ2) is 1.90. The zero-order chi connectivity index (χ0) is 4.28. The molecule has 0 rings (SSSR count). The van der Waals surface area contributed by atoms with Crippen LogP contribution in [-0.2, 0) is 15.9 Å². The first-order chi connectivity index (χ1) is 2.27. The predicted octanol–water partition coefficient (Wildman–Crippen LogP) is 0.504. The van der Waals surface area contributed by atoms with Crippen LogP contribution in [0.5, 0.6) is 0 Å². The Hall–Kier alpha value is -0.380. The van der Waals surface area contributed by atoms with E-state index < -0.39 is 17.0 Å². The van der Waals surface area contributed by atoms with Gasteiger partial charge in [0.1, 0.15) is 0 Å². The van der Waals surface area contributed by atoms with E-state index in [0.29, 0.717) is 0 Å². The van der Waals surface area contributed by atoms with Crippen LogP contribution in [0.25, 0.3) is 0 Å². The molecule has 0 amide bonds. The van der Waals surface area contributed by atoms with E-state index in [1.54, 1.807) is 0 Å². The first kappa shape index (κ1) is 4.62. The van der Waals surface area contributed by atoms with Gasteiger partial charge in [0.25, 0.3) is 0 Å². The van der Waals surface area contributed by atoms with Gasteiger partial charge in [-0.3, -0.25) is 0 Å². The van der Waals surface area contributed by atoms with Crippen molar-refractivity contribution < 1.29 is 13.4 Å². The molecule has 0 heterocycles. The summed E-state index contributed by atoms with van der Waals surface area (Å²) < 4.78 is 19.3. The van der Waals surface area contributed by atoms with E-state index in [1.807, 2.05) is 0 Å². The van der Waals surface area contributed by atoms with Crippen LogP contribution in [-0.4, -0.2) is 5.37 Å². The zero-order valence-corrected chi connectivity index (χ0v) is 2.92. The lowest BCUT2D eigenvalue weighted by Gasteiger charge is -1.30. The zero-order valence-electron chi connectivity index (χ0n) is 2.10. The average molecular weight is 95.1 g/mol. The van der Waals surface area contributed by atoms with Crippen molar-refractivity contribution in [2.45, 2.75) is 0 Å². The van der Waals surface area contributed by atoms with Gasteiger partial charge in [-0.15, -0.1) is 4.39 Å². The maximum atomic E-state index is 10.4. The molecule has 4 heteroatoms. The van der Waals surface area contributed by atoms with E-state index in [0.717, 1.165) is 0 Å². The number of halogens is 1. The molecule has 0 aromatic carbocycles. The Morgan fingerprint density at radius 3 is 2.00 bits per heavy atom. The molecule has 0 spiro atoms. The first-order valence-corrected chi connectivity index (χ1v) is 1.51. The summed E-state index contributed by atoms with van der Waals surface area (Å²) in [5.41, 5.74) is 0. The Morgan fingerprint density at radius 2 is 2.00 bits per heavy atom. The maximum absolute atomic E-state index is 10.4. The lowest BCUT2D eigenvalue weighted by molar-refractivity contribution is 0.244. The monoisotopic (exact) mass is 95.0 g/mol. The van der Waals surface area contributed by atoms with Crippen LogP contribution in [0.2, 0.25) is 0 Å². The maximum Gasteiger partial charge on any atom is 0.651 e. The van der Waals surface area contributed by atoms with Gasteiger partial charge in [-0.2, -0.15) is 4.79 Å². The van der Waals surface area contributed by atoms with E-state index in [4.69, 9.17) is 9.00 Å². The van der Waals surface area contributed by atoms with Gasteiger partial charge in [-0.25, -0.2) is 0 Å². The van der Waals surface area contributed by atoms with E-state index in [2.05, 4.69) is 0 Å². The van der Waals surface area contributed by atoms with Gasteiger partial charge in [0.15, 0.2) is 0 Å². The van der Waals surface area contributed by atoms with Crippen molar-refractivity contribution in [3.05, 3.63) is 0 Å². The fraction of sp³-hybridized carbons (Fsp3) is 0. The fourth-order valence-electron chi connectivity index (χ4n) is 0. The molecule has 0 saturated carbocycles. The third kappa shape index (κ3) is 3.62. The number of carbonyl (C=O) groups is 1. The molecule has 0 aliphatic carbocycles. The summed E-state index contributed by atoms with van der Waals surface area (Å²) in [6, 6.07) is 0. The summed E-state index contributed by atoms with van der Waals surface area (Å²) in [5, 5.41) is -1.88. The van der Waals surface area contributed by atoms with Crippen molar-refractivity contribution in [1.29, 1.82) is 0 Å². The van der Waals surface area contributed by atoms with Crippen LogP contribution in [0, 0.1) is 0 Å². The van der Waals surface area contributed by atoms with E-state index in [-0.39, 0.29) is 0 Å². The van der Waals surface area contributed by atoms with Crippen LogP contribution in [0.4, 0.5) is 9.18 Å². The topological polar surface area (TPSA) is 34.1 Å². The van der Waals surface area contributed by atoms with Crippen LogP contribution in [0.15, 0.2) is 0 Å². The number of hydrogen-bond acceptors (Lipinski definition) is 2. The third-order valence-electron chi connectivity index (χ3n) is 0.0655. The number of hydrogen-bond donors (Lipinski definition) is 0. The summed E-state index contributed by atoms with van der Waals surface area (Å²) in [5.74, 6) is 0. The summed E-state index contributed by atoms with van der Waals surface area (Å²) in [4.78, 5) is 8.80. The van der Waals surface area contributed by atoms with E-state index in [9.17, 15) is 4.39 Å². The molecule has 0 atom stereocenters. The number of carbonyl (C=O) groups excluding carboxylic acids is 1. The lowest BCUT2D eigenvalue weighted by Crippen LogP contribution is -1.70. The highest BCUT2D eigenvalue weighted by Gasteiger charge is 2.11. The Labute approximate surface area is 31.5 Å². The third-order valence-corrected chi connectivity index (χ3v) is 0.197. The Kier molecular flexibility index (Phi) is 1.75. The average Bonchev–Trinajstić information content (AvgIpc) is 1.38. The molecule has 5 heavy (non-hydrogen) atoms. The second-order valence-electron chi connectivity index (χ2n) is 0.321. The van der Waals surface area contributed by atoms with E-state index in [1.165, 1.54) is 0 Å². The molecule has 2 nitrogen and oxygen atoms in total. The molecule has 0 aliphatic heterocycles. The molecule has 0 unspecified atom stereocenters. The Balaban J connectivity index is 3.20. The molecule has 0 fully saturated rings. The van der Waals surface area contributed by atoms with Crippen molar-refractivity contribution in [1.82, 2.24) is 0 Å². The van der Waals surface area contributed by atoms with Crippen LogP contribution < -0.4 is 0 Å². The fourth-order valence-corrected chi connectivity index (χ4v) is 0. The van der Waals surface area contributed by atoms with Gasteiger partial charge in [0, 0.05) is 0 Å². The van der Waals surface area contributed by atoms with Crippen molar-refractivity contribution in [3.8, 4) is 0 Å². The van der Waals surface area contributed by atoms with Crippen molar-refractivity contribution in [3.63, 3.8) is 0 Å². The second-order valence-corrected chi connectivity index (χ2v) is 0.809. The minimum atomic E-state index is -1.88. The van der Waals surface area contributed by atoms with Crippen LogP contribution >= 0.6 is 0 Å². The summed E-state index contributed by atoms with van der Waals surface area (Å²) in [7, 11) is 0. The molecular formula is CFO2S+. The molecule has 0 radical (unpaired) electrons. The highest BCUT2D eigenvalue weighted by atomic mass is 32.1. The quantitative estimate of drug-likeness (QED) is 0.324. The normalized spacial score (nSPS) is 6.60. The SMILES string of the molecule is O=[S+]C(=O)F. The highest BCUT2D eigenvalue weighted by molar-refractivity contribution is 7.82. The van der Waals surface area contributed by atoms with E-state index >= 15 is 0 Å². The molecular weight excluding hydrogens is 95.1 g/mol.